The molecule has 1 amide bonds. The number of hydrogen-bond donors (Lipinski definition) is 2. The summed E-state index contributed by atoms with van der Waals surface area (Å²) in [6.07, 6.45) is -1.87. The van der Waals surface area contributed by atoms with Crippen molar-refractivity contribution in [2.45, 2.75) is 38.5 Å². The van der Waals surface area contributed by atoms with E-state index in [9.17, 15) is 19.6 Å². The number of carbonyl (C=O) groups excluding carboxylic acids is 1. The molecule has 0 spiro atoms. The van der Waals surface area contributed by atoms with Crippen LogP contribution < -0.4 is 10.1 Å². The quantitative estimate of drug-likeness (QED) is 0.592. The van der Waals surface area contributed by atoms with Gasteiger partial charge in [-0.3, -0.25) is 0 Å². The fourth-order valence-corrected chi connectivity index (χ4v) is 3.21. The van der Waals surface area contributed by atoms with Crippen molar-refractivity contribution in [1.29, 1.82) is 5.26 Å². The molecule has 0 radical (unpaired) electrons. The van der Waals surface area contributed by atoms with Crippen molar-refractivity contribution in [3.63, 3.8) is 0 Å². The normalized spacial score (nSPS) is 19.8. The third-order valence-electron chi connectivity index (χ3n) is 4.76. The van der Waals surface area contributed by atoms with Gasteiger partial charge in [0, 0.05) is 11.1 Å². The van der Waals surface area contributed by atoms with E-state index < -0.39 is 29.7 Å². The molecule has 0 unspecified atom stereocenters. The zero-order chi connectivity index (χ0) is 21.9. The lowest BCUT2D eigenvalue weighted by atomic mass is 9.85. The zero-order valence-corrected chi connectivity index (χ0v) is 16.8. The smallest absolute Gasteiger partial charge is 0.435 e. The van der Waals surface area contributed by atoms with E-state index in [0.717, 1.165) is 0 Å². The predicted molar refractivity (Wildman–Crippen MR) is 108 cm³/mol. The number of halogens is 1. The number of ether oxygens (including phenoxy) is 2. The molecule has 8 heteroatoms. The number of nitriles is 1. The van der Waals surface area contributed by atoms with E-state index in [4.69, 9.17) is 9.47 Å². The van der Waals surface area contributed by atoms with Crippen LogP contribution in [0.1, 0.15) is 43.5 Å². The predicted octanol–water partition coefficient (Wildman–Crippen LogP) is 3.46. The number of hydrogen-bond acceptors (Lipinski definition) is 5. The van der Waals surface area contributed by atoms with E-state index in [-0.39, 0.29) is 12.4 Å². The first kappa shape index (κ1) is 21.3. The fourth-order valence-electron chi connectivity index (χ4n) is 3.21. The van der Waals surface area contributed by atoms with Crippen LogP contribution in [0.4, 0.5) is 9.18 Å². The average molecular weight is 411 g/mol. The first-order valence-electron chi connectivity index (χ1n) is 9.44. The van der Waals surface area contributed by atoms with Crippen LogP contribution in [0, 0.1) is 17.1 Å². The Morgan fingerprint density at radius 1 is 1.33 bits per heavy atom. The monoisotopic (exact) mass is 411 g/mol. The van der Waals surface area contributed by atoms with Gasteiger partial charge in [-0.25, -0.2) is 9.18 Å². The molecule has 0 bridgehead atoms. The number of benzene rings is 2. The molecule has 0 saturated heterocycles. The highest BCUT2D eigenvalue weighted by Crippen LogP contribution is 2.40. The Kier molecular flexibility index (Phi) is 6.04. The van der Waals surface area contributed by atoms with Gasteiger partial charge in [0.15, 0.2) is 0 Å². The van der Waals surface area contributed by atoms with Crippen LogP contribution in [0.5, 0.6) is 5.75 Å². The Hall–Kier alpha value is -3.44. The molecule has 156 valence electrons. The third kappa shape index (κ3) is 4.42. The van der Waals surface area contributed by atoms with Gasteiger partial charge in [-0.1, -0.05) is 0 Å². The second kappa shape index (κ2) is 8.51. The van der Waals surface area contributed by atoms with Crippen LogP contribution in [-0.2, 0) is 4.74 Å². The van der Waals surface area contributed by atoms with Gasteiger partial charge in [0.25, 0.3) is 0 Å². The summed E-state index contributed by atoms with van der Waals surface area (Å²) in [6.45, 7) is 5.25. The molecular formula is C22H22FN3O4. The summed E-state index contributed by atoms with van der Waals surface area (Å²) in [5.74, 6) is 0.158. The van der Waals surface area contributed by atoms with E-state index in [0.29, 0.717) is 22.4 Å². The number of amidine groups is 1. The maximum Gasteiger partial charge on any atom is 0.435 e. The van der Waals surface area contributed by atoms with Gasteiger partial charge < -0.3 is 19.9 Å². The number of rotatable bonds is 3. The molecule has 1 aliphatic rings. The second-order valence-corrected chi connectivity index (χ2v) is 7.30. The molecule has 0 fully saturated rings. The van der Waals surface area contributed by atoms with Crippen molar-refractivity contribution < 1.29 is 23.8 Å². The van der Waals surface area contributed by atoms with E-state index >= 15 is 0 Å². The average Bonchev–Trinajstić information content (AvgIpc) is 2.71. The molecule has 2 aromatic rings. The van der Waals surface area contributed by atoms with Crippen molar-refractivity contribution in [3.8, 4) is 11.8 Å². The van der Waals surface area contributed by atoms with Gasteiger partial charge in [0.05, 0.1) is 24.3 Å². The van der Waals surface area contributed by atoms with E-state index in [2.05, 4.69) is 16.4 Å². The zero-order valence-electron chi connectivity index (χ0n) is 16.8. The summed E-state index contributed by atoms with van der Waals surface area (Å²) in [6, 6.07) is 11.6. The Morgan fingerprint density at radius 2 is 2.03 bits per heavy atom. The number of carbonyl (C=O) groups is 1. The molecular weight excluding hydrogens is 389 g/mol. The van der Waals surface area contributed by atoms with Gasteiger partial charge in [0.2, 0.25) is 0 Å². The Labute approximate surface area is 173 Å². The van der Waals surface area contributed by atoms with Crippen molar-refractivity contribution in [3.05, 3.63) is 65.0 Å². The molecule has 2 atom stereocenters. The van der Waals surface area contributed by atoms with E-state index in [1.54, 1.807) is 39.0 Å². The topological polar surface area (TPSA) is 104 Å². The maximum absolute atomic E-state index is 13.4. The summed E-state index contributed by atoms with van der Waals surface area (Å²) in [5.41, 5.74) is 0.400. The number of aliphatic imine (C=N–C) groups is 1. The van der Waals surface area contributed by atoms with Crippen LogP contribution >= 0.6 is 0 Å². The standard InChI is InChI=1S/C22H22FN3O4/c1-4-29-21(28)26-20(14-6-8-15(23)9-7-14)25-18-16-11-13(12-24)5-10-17(16)30-22(2,3)19(18)27/h5-11,18-19,27H,4H2,1-3H3,(H,25,26,28)/t18-,19+/m0/s1. The van der Waals surface area contributed by atoms with Crippen molar-refractivity contribution >= 4 is 11.9 Å². The molecule has 3 rings (SSSR count). The number of nitrogens with one attached hydrogen (secondary N) is 1. The molecule has 2 N–H and O–H groups in total. The maximum atomic E-state index is 13.4. The van der Waals surface area contributed by atoms with Gasteiger partial charge in [0.1, 0.15) is 29.1 Å². The molecule has 7 nitrogen and oxygen atoms in total. The first-order valence-corrected chi connectivity index (χ1v) is 9.44. The summed E-state index contributed by atoms with van der Waals surface area (Å²) < 4.78 is 24.2. The van der Waals surface area contributed by atoms with Crippen molar-refractivity contribution in [2.24, 2.45) is 4.99 Å². The third-order valence-corrected chi connectivity index (χ3v) is 4.76. The highest BCUT2D eigenvalue weighted by atomic mass is 19.1. The molecule has 0 aromatic heterocycles. The minimum Gasteiger partial charge on any atom is -0.485 e. The Balaban J connectivity index is 2.07. The lowest BCUT2D eigenvalue weighted by Gasteiger charge is -2.42. The SMILES string of the molecule is CCOC(=O)/N=C(/N[C@H]1c2cc(C#N)ccc2OC(C)(C)[C@@H]1O)c1ccc(F)cc1. The number of aliphatic hydroxyl groups is 1. The number of fused-ring (bicyclic) bond motifs is 1. The van der Waals surface area contributed by atoms with E-state index in [1.807, 2.05) is 0 Å². The van der Waals surface area contributed by atoms with Crippen LogP contribution in [0.25, 0.3) is 0 Å². The number of amides is 1. The van der Waals surface area contributed by atoms with Gasteiger partial charge in [-0.2, -0.15) is 10.3 Å². The highest BCUT2D eigenvalue weighted by molar-refractivity contribution is 6.04. The Bertz CT molecular complexity index is 1010. The molecule has 2 aromatic carbocycles. The van der Waals surface area contributed by atoms with Crippen LogP contribution in [0.2, 0.25) is 0 Å². The lowest BCUT2D eigenvalue weighted by molar-refractivity contribution is -0.0610. The molecule has 0 aliphatic carbocycles. The minimum absolute atomic E-state index is 0.100. The van der Waals surface area contributed by atoms with Gasteiger partial charge >= 0.3 is 6.09 Å². The second-order valence-electron chi connectivity index (χ2n) is 7.30. The fraction of sp³-hybridized carbons (Fsp3) is 0.318. The first-order chi connectivity index (χ1) is 14.2. The van der Waals surface area contributed by atoms with E-state index in [1.165, 1.54) is 24.3 Å². The van der Waals surface area contributed by atoms with Gasteiger partial charge in [-0.15, -0.1) is 0 Å². The van der Waals surface area contributed by atoms with Crippen LogP contribution in [0.15, 0.2) is 47.5 Å². The molecule has 0 saturated carbocycles. The van der Waals surface area contributed by atoms with Crippen LogP contribution in [0.3, 0.4) is 0 Å². The number of aliphatic hydroxyl groups excluding tert-OH is 1. The van der Waals surface area contributed by atoms with Gasteiger partial charge in [-0.05, 0) is 63.2 Å². The Morgan fingerprint density at radius 3 is 2.67 bits per heavy atom. The summed E-state index contributed by atoms with van der Waals surface area (Å²) >= 11 is 0. The van der Waals surface area contributed by atoms with Crippen molar-refractivity contribution in [2.75, 3.05) is 6.61 Å². The summed E-state index contributed by atoms with van der Waals surface area (Å²) in [7, 11) is 0. The number of nitrogens with zero attached hydrogens (tertiary/aromatic N) is 2. The highest BCUT2D eigenvalue weighted by Gasteiger charge is 2.43. The molecule has 30 heavy (non-hydrogen) atoms. The van der Waals surface area contributed by atoms with Crippen molar-refractivity contribution in [1.82, 2.24) is 5.32 Å². The lowest BCUT2D eigenvalue weighted by Crippen LogP contribution is -2.53. The summed E-state index contributed by atoms with van der Waals surface area (Å²) in [5, 5.41) is 23.3. The largest absolute Gasteiger partial charge is 0.485 e. The van der Waals surface area contributed by atoms with Crippen LogP contribution in [-0.4, -0.2) is 35.3 Å². The summed E-state index contributed by atoms with van der Waals surface area (Å²) in [4.78, 5) is 16.0. The molecule has 1 aliphatic heterocycles. The molecule has 1 heterocycles. The minimum atomic E-state index is -1.05.